The van der Waals surface area contributed by atoms with E-state index in [1.807, 2.05) is 0 Å². The van der Waals surface area contributed by atoms with E-state index in [2.05, 4.69) is 31.5 Å². The zero-order chi connectivity index (χ0) is 14.7. The van der Waals surface area contributed by atoms with Gasteiger partial charge in [0.1, 0.15) is 11.6 Å². The molecule has 0 fully saturated rings. The maximum absolute atomic E-state index is 13.5. The third-order valence-corrected chi connectivity index (χ3v) is 3.40. The Labute approximate surface area is 124 Å². The zero-order valence-corrected chi connectivity index (χ0v) is 12.6. The summed E-state index contributed by atoms with van der Waals surface area (Å²) in [7, 11) is 1.75. The molecular weight excluding hydrogens is 325 g/mol. The van der Waals surface area contributed by atoms with Gasteiger partial charge in [0.05, 0.1) is 10.0 Å². The molecule has 1 aromatic carbocycles. The van der Waals surface area contributed by atoms with Gasteiger partial charge in [0.25, 0.3) is 5.91 Å². The van der Waals surface area contributed by atoms with Crippen molar-refractivity contribution >= 4 is 33.3 Å². The summed E-state index contributed by atoms with van der Waals surface area (Å²) < 4.78 is 13.9. The number of carbonyl (C=O) groups excluding carboxylic acids is 1. The Morgan fingerprint density at radius 2 is 2.10 bits per heavy atom. The molecule has 4 nitrogen and oxygen atoms in total. The lowest BCUT2D eigenvalue weighted by atomic mass is 10.2. The molecule has 1 heterocycles. The second-order valence-corrected chi connectivity index (χ2v) is 5.07. The molecule has 0 bridgehead atoms. The van der Waals surface area contributed by atoms with Crippen molar-refractivity contribution in [2.45, 2.75) is 6.92 Å². The van der Waals surface area contributed by atoms with Crippen molar-refractivity contribution in [1.82, 2.24) is 4.98 Å². The number of nitrogens with zero attached hydrogens (tertiary/aromatic N) is 1. The molecule has 0 radical (unpaired) electrons. The van der Waals surface area contributed by atoms with E-state index in [0.717, 1.165) is 5.56 Å². The summed E-state index contributed by atoms with van der Waals surface area (Å²) in [5.41, 5.74) is 1.62. The molecular formula is C14H13BrFN3O. The topological polar surface area (TPSA) is 54.0 Å². The second kappa shape index (κ2) is 6.00. The van der Waals surface area contributed by atoms with E-state index < -0.39 is 5.82 Å². The number of nitrogens with one attached hydrogen (secondary N) is 2. The number of pyridine rings is 1. The third-order valence-electron chi connectivity index (χ3n) is 2.80. The smallest absolute Gasteiger partial charge is 0.257 e. The number of carbonyl (C=O) groups is 1. The summed E-state index contributed by atoms with van der Waals surface area (Å²) in [5, 5.41) is 5.54. The fourth-order valence-electron chi connectivity index (χ4n) is 1.65. The number of aromatic nitrogens is 1. The number of rotatable bonds is 3. The average molecular weight is 338 g/mol. The highest BCUT2D eigenvalue weighted by Crippen LogP contribution is 2.24. The Balaban J connectivity index is 2.20. The fourth-order valence-corrected chi connectivity index (χ4v) is 2.11. The lowest BCUT2D eigenvalue weighted by Gasteiger charge is -2.09. The Bertz CT molecular complexity index is 644. The van der Waals surface area contributed by atoms with E-state index in [1.165, 1.54) is 12.3 Å². The monoisotopic (exact) mass is 337 g/mol. The lowest BCUT2D eigenvalue weighted by Crippen LogP contribution is -2.13. The molecule has 6 heteroatoms. The van der Waals surface area contributed by atoms with E-state index in [4.69, 9.17) is 0 Å². The summed E-state index contributed by atoms with van der Waals surface area (Å²) in [6, 6.07) is 6.25. The highest BCUT2D eigenvalue weighted by atomic mass is 79.9. The molecule has 0 saturated carbocycles. The molecule has 0 aliphatic heterocycles. The summed E-state index contributed by atoms with van der Waals surface area (Å²) >= 11 is 3.10. The largest absolute Gasteiger partial charge is 0.373 e. The van der Waals surface area contributed by atoms with E-state index in [-0.39, 0.29) is 5.91 Å². The van der Waals surface area contributed by atoms with Gasteiger partial charge in [-0.3, -0.25) is 4.79 Å². The van der Waals surface area contributed by atoms with Crippen LogP contribution in [-0.2, 0) is 0 Å². The summed E-state index contributed by atoms with van der Waals surface area (Å²) in [5.74, 6) is -0.0769. The maximum atomic E-state index is 13.5. The first-order chi connectivity index (χ1) is 9.51. The second-order valence-electron chi connectivity index (χ2n) is 4.22. The Morgan fingerprint density at radius 3 is 2.70 bits per heavy atom. The van der Waals surface area contributed by atoms with Gasteiger partial charge in [-0.2, -0.15) is 0 Å². The Morgan fingerprint density at radius 1 is 1.35 bits per heavy atom. The van der Waals surface area contributed by atoms with Crippen LogP contribution in [0.15, 0.2) is 34.9 Å². The van der Waals surface area contributed by atoms with E-state index >= 15 is 0 Å². The summed E-state index contributed by atoms with van der Waals surface area (Å²) in [4.78, 5) is 16.1. The number of hydrogen-bond acceptors (Lipinski definition) is 3. The minimum absolute atomic E-state index is 0.329. The van der Waals surface area contributed by atoms with Gasteiger partial charge >= 0.3 is 0 Å². The number of amides is 1. The first-order valence-corrected chi connectivity index (χ1v) is 6.71. The van der Waals surface area contributed by atoms with Crippen molar-refractivity contribution in [3.63, 3.8) is 0 Å². The van der Waals surface area contributed by atoms with Crippen LogP contribution < -0.4 is 10.6 Å². The van der Waals surface area contributed by atoms with Crippen LogP contribution in [0, 0.1) is 12.7 Å². The number of hydrogen-bond donors (Lipinski definition) is 2. The molecule has 2 N–H and O–H groups in total. The van der Waals surface area contributed by atoms with Gasteiger partial charge in [-0.25, -0.2) is 9.37 Å². The average Bonchev–Trinajstić information content (AvgIpc) is 2.44. The van der Waals surface area contributed by atoms with Crippen LogP contribution in [0.25, 0.3) is 0 Å². The molecule has 20 heavy (non-hydrogen) atoms. The molecule has 0 unspecified atom stereocenters. The van der Waals surface area contributed by atoms with Crippen LogP contribution in [0.4, 0.5) is 15.9 Å². The van der Waals surface area contributed by atoms with Crippen LogP contribution in [0.3, 0.4) is 0 Å². The fraction of sp³-hybridized carbons (Fsp3) is 0.143. The molecule has 1 aromatic heterocycles. The van der Waals surface area contributed by atoms with Crippen molar-refractivity contribution in [1.29, 1.82) is 0 Å². The Kier molecular flexibility index (Phi) is 4.34. The highest BCUT2D eigenvalue weighted by Gasteiger charge is 2.10. The van der Waals surface area contributed by atoms with Gasteiger partial charge in [-0.15, -0.1) is 0 Å². The predicted octanol–water partition coefficient (Wildman–Crippen LogP) is 3.59. The molecule has 104 valence electrons. The first-order valence-electron chi connectivity index (χ1n) is 5.92. The number of aryl methyl sites for hydroxylation is 1. The molecule has 0 aliphatic rings. The van der Waals surface area contributed by atoms with Gasteiger partial charge in [0.15, 0.2) is 0 Å². The normalized spacial score (nSPS) is 10.2. The predicted molar refractivity (Wildman–Crippen MR) is 80.6 cm³/mol. The van der Waals surface area contributed by atoms with Crippen molar-refractivity contribution in [3.05, 3.63) is 51.9 Å². The van der Waals surface area contributed by atoms with Gasteiger partial charge in [0.2, 0.25) is 0 Å². The Hall–Kier alpha value is -1.95. The molecule has 0 atom stereocenters. The van der Waals surface area contributed by atoms with E-state index in [1.54, 1.807) is 32.2 Å². The van der Waals surface area contributed by atoms with Gasteiger partial charge in [0, 0.05) is 18.9 Å². The maximum Gasteiger partial charge on any atom is 0.257 e. The molecule has 2 aromatic rings. The van der Waals surface area contributed by atoms with Gasteiger partial charge in [-0.1, -0.05) is 0 Å². The van der Waals surface area contributed by atoms with Crippen LogP contribution in [0.5, 0.6) is 0 Å². The lowest BCUT2D eigenvalue weighted by molar-refractivity contribution is 0.102. The van der Waals surface area contributed by atoms with Gasteiger partial charge < -0.3 is 10.6 Å². The van der Waals surface area contributed by atoms with Crippen LogP contribution in [0.2, 0.25) is 0 Å². The number of halogens is 2. The van der Waals surface area contributed by atoms with Crippen LogP contribution in [-0.4, -0.2) is 17.9 Å². The highest BCUT2D eigenvalue weighted by molar-refractivity contribution is 9.10. The SMILES string of the molecule is CNc1ccc(C(=O)Nc2cc(F)c(Br)cc2C)cn1. The van der Waals surface area contributed by atoms with E-state index in [9.17, 15) is 9.18 Å². The van der Waals surface area contributed by atoms with Crippen molar-refractivity contribution in [2.24, 2.45) is 0 Å². The number of benzene rings is 1. The molecule has 1 amide bonds. The van der Waals surface area contributed by atoms with Crippen molar-refractivity contribution in [2.75, 3.05) is 17.7 Å². The first kappa shape index (κ1) is 14.5. The van der Waals surface area contributed by atoms with Crippen LogP contribution >= 0.6 is 15.9 Å². The standard InChI is InChI=1S/C14H13BrFN3O/c1-8-5-10(15)11(16)6-12(8)19-14(20)9-3-4-13(17-2)18-7-9/h3-7H,1-2H3,(H,17,18)(H,19,20). The molecule has 2 rings (SSSR count). The van der Waals surface area contributed by atoms with Gasteiger partial charge in [-0.05, 0) is 52.7 Å². The molecule has 0 aliphatic carbocycles. The van der Waals surface area contributed by atoms with Crippen molar-refractivity contribution in [3.8, 4) is 0 Å². The quantitative estimate of drug-likeness (QED) is 0.899. The molecule has 0 spiro atoms. The summed E-state index contributed by atoms with van der Waals surface area (Å²) in [6.45, 7) is 1.79. The minimum Gasteiger partial charge on any atom is -0.373 e. The third kappa shape index (κ3) is 3.14. The minimum atomic E-state index is -0.422. The van der Waals surface area contributed by atoms with Crippen LogP contribution in [0.1, 0.15) is 15.9 Å². The summed E-state index contributed by atoms with van der Waals surface area (Å²) in [6.07, 6.45) is 1.46. The van der Waals surface area contributed by atoms with Crippen molar-refractivity contribution < 1.29 is 9.18 Å². The molecule has 0 saturated heterocycles. The number of anilines is 2. The zero-order valence-electron chi connectivity index (χ0n) is 11.0. The van der Waals surface area contributed by atoms with E-state index in [0.29, 0.717) is 21.5 Å².